The van der Waals surface area contributed by atoms with E-state index in [0.717, 1.165) is 0 Å². The average Bonchev–Trinajstić information content (AvgIpc) is 2.66. The molecule has 3 N–H and O–H groups in total. The summed E-state index contributed by atoms with van der Waals surface area (Å²) in [4.78, 5) is 2.34. The van der Waals surface area contributed by atoms with Crippen LogP contribution in [0.15, 0.2) is 18.2 Å². The molecular weight excluding hydrogens is 233 g/mol. The van der Waals surface area contributed by atoms with Gasteiger partial charge in [-0.1, -0.05) is 6.07 Å². The standard InChI is InChI=1S/C11H11F3N2O/c1-17-8-4-2-3-7-9(8)6(5-15)10(16-7)11(12,13)14/h2-4,16H,5,15H2,1H3. The maximum Gasteiger partial charge on any atom is 0.431 e. The lowest BCUT2D eigenvalue weighted by Gasteiger charge is -2.07. The van der Waals surface area contributed by atoms with E-state index in [-0.39, 0.29) is 12.1 Å². The Bertz CT molecular complexity index is 545. The second kappa shape index (κ2) is 3.96. The second-order valence-corrected chi connectivity index (χ2v) is 3.56. The third kappa shape index (κ3) is 1.84. The lowest BCUT2D eigenvalue weighted by Crippen LogP contribution is -2.11. The Labute approximate surface area is 95.4 Å². The summed E-state index contributed by atoms with van der Waals surface area (Å²) >= 11 is 0. The van der Waals surface area contributed by atoms with Crippen LogP contribution in [0.1, 0.15) is 11.3 Å². The number of hydrogen-bond acceptors (Lipinski definition) is 2. The van der Waals surface area contributed by atoms with E-state index in [0.29, 0.717) is 16.7 Å². The van der Waals surface area contributed by atoms with Crippen LogP contribution in [0.5, 0.6) is 5.75 Å². The van der Waals surface area contributed by atoms with Crippen molar-refractivity contribution in [3.8, 4) is 5.75 Å². The highest BCUT2D eigenvalue weighted by molar-refractivity contribution is 5.90. The molecule has 2 aromatic rings. The van der Waals surface area contributed by atoms with E-state index in [1.54, 1.807) is 18.2 Å². The van der Waals surface area contributed by atoms with Crippen molar-refractivity contribution in [3.63, 3.8) is 0 Å². The molecule has 17 heavy (non-hydrogen) atoms. The third-order valence-electron chi connectivity index (χ3n) is 2.60. The highest BCUT2D eigenvalue weighted by Crippen LogP contribution is 2.38. The maximum absolute atomic E-state index is 12.8. The number of methoxy groups -OCH3 is 1. The zero-order chi connectivity index (χ0) is 12.6. The minimum atomic E-state index is -4.45. The van der Waals surface area contributed by atoms with E-state index < -0.39 is 11.9 Å². The van der Waals surface area contributed by atoms with E-state index in [2.05, 4.69) is 4.98 Å². The monoisotopic (exact) mass is 244 g/mol. The Morgan fingerprint density at radius 3 is 2.59 bits per heavy atom. The molecule has 0 radical (unpaired) electrons. The Balaban J connectivity index is 2.81. The van der Waals surface area contributed by atoms with E-state index in [9.17, 15) is 13.2 Å². The van der Waals surface area contributed by atoms with E-state index in [4.69, 9.17) is 10.5 Å². The molecule has 6 heteroatoms. The van der Waals surface area contributed by atoms with Crippen LogP contribution < -0.4 is 10.5 Å². The molecule has 0 saturated heterocycles. The molecule has 2 rings (SSSR count). The van der Waals surface area contributed by atoms with Crippen molar-refractivity contribution in [2.45, 2.75) is 12.7 Å². The molecule has 0 atom stereocenters. The molecule has 1 aromatic heterocycles. The van der Waals surface area contributed by atoms with E-state index in [1.807, 2.05) is 0 Å². The predicted octanol–water partition coefficient (Wildman–Crippen LogP) is 2.65. The molecule has 3 nitrogen and oxygen atoms in total. The van der Waals surface area contributed by atoms with Gasteiger partial charge >= 0.3 is 6.18 Å². The SMILES string of the molecule is COc1cccc2[nH]c(C(F)(F)F)c(CN)c12. The summed E-state index contributed by atoms with van der Waals surface area (Å²) in [5, 5.41) is 0.393. The smallest absolute Gasteiger partial charge is 0.431 e. The van der Waals surface area contributed by atoms with Crippen molar-refractivity contribution < 1.29 is 17.9 Å². The Morgan fingerprint density at radius 2 is 2.06 bits per heavy atom. The fourth-order valence-electron chi connectivity index (χ4n) is 1.90. The Kier molecular flexibility index (Phi) is 2.74. The molecule has 0 aliphatic carbocycles. The van der Waals surface area contributed by atoms with Gasteiger partial charge in [0.2, 0.25) is 0 Å². The first-order valence-electron chi connectivity index (χ1n) is 4.94. The van der Waals surface area contributed by atoms with Gasteiger partial charge in [0.15, 0.2) is 0 Å². The zero-order valence-electron chi connectivity index (χ0n) is 9.06. The number of nitrogens with one attached hydrogen (secondary N) is 1. The van der Waals surface area contributed by atoms with Gasteiger partial charge < -0.3 is 15.5 Å². The lowest BCUT2D eigenvalue weighted by atomic mass is 10.1. The normalized spacial score (nSPS) is 12.1. The first-order valence-corrected chi connectivity index (χ1v) is 4.94. The fourth-order valence-corrected chi connectivity index (χ4v) is 1.90. The Morgan fingerprint density at radius 1 is 1.35 bits per heavy atom. The highest BCUT2D eigenvalue weighted by atomic mass is 19.4. The minimum Gasteiger partial charge on any atom is -0.496 e. The van der Waals surface area contributed by atoms with E-state index >= 15 is 0 Å². The summed E-state index contributed by atoms with van der Waals surface area (Å²) in [6, 6.07) is 4.79. The largest absolute Gasteiger partial charge is 0.496 e. The number of fused-ring (bicyclic) bond motifs is 1. The van der Waals surface area contributed by atoms with Crippen molar-refractivity contribution in [1.29, 1.82) is 0 Å². The number of aromatic amines is 1. The molecule has 0 aliphatic rings. The lowest BCUT2D eigenvalue weighted by molar-refractivity contribution is -0.141. The molecule has 1 aromatic carbocycles. The van der Waals surface area contributed by atoms with Crippen LogP contribution >= 0.6 is 0 Å². The molecule has 0 amide bonds. The van der Waals surface area contributed by atoms with Gasteiger partial charge in [0.05, 0.1) is 7.11 Å². The molecule has 1 heterocycles. The minimum absolute atomic E-state index is 0.0324. The summed E-state index contributed by atoms with van der Waals surface area (Å²) < 4.78 is 43.4. The second-order valence-electron chi connectivity index (χ2n) is 3.56. The van der Waals surface area contributed by atoms with Crippen LogP contribution in [-0.2, 0) is 12.7 Å². The van der Waals surface area contributed by atoms with Crippen LogP contribution in [0.2, 0.25) is 0 Å². The van der Waals surface area contributed by atoms with Gasteiger partial charge in [-0.15, -0.1) is 0 Å². The maximum atomic E-state index is 12.8. The predicted molar refractivity (Wildman–Crippen MR) is 57.7 cm³/mol. The zero-order valence-corrected chi connectivity index (χ0v) is 9.06. The number of benzene rings is 1. The number of hydrogen-bond donors (Lipinski definition) is 2. The number of aromatic nitrogens is 1. The van der Waals surface area contributed by atoms with Crippen molar-refractivity contribution in [2.75, 3.05) is 7.11 Å². The number of alkyl halides is 3. The van der Waals surface area contributed by atoms with Crippen LogP contribution in [0, 0.1) is 0 Å². The van der Waals surface area contributed by atoms with Gasteiger partial charge in [0, 0.05) is 23.0 Å². The molecule has 0 saturated carbocycles. The quantitative estimate of drug-likeness (QED) is 0.853. The van der Waals surface area contributed by atoms with Crippen LogP contribution in [0.25, 0.3) is 10.9 Å². The summed E-state index contributed by atoms with van der Waals surface area (Å²) in [6.45, 7) is -0.199. The fraction of sp³-hybridized carbons (Fsp3) is 0.273. The van der Waals surface area contributed by atoms with Crippen LogP contribution in [0.3, 0.4) is 0 Å². The molecule has 0 bridgehead atoms. The number of nitrogens with two attached hydrogens (primary N) is 1. The first-order chi connectivity index (χ1) is 7.99. The van der Waals surface area contributed by atoms with Crippen LogP contribution in [0.4, 0.5) is 13.2 Å². The van der Waals surface area contributed by atoms with Gasteiger partial charge in [0.1, 0.15) is 11.4 Å². The van der Waals surface area contributed by atoms with Crippen molar-refractivity contribution in [3.05, 3.63) is 29.5 Å². The molecule has 0 unspecified atom stereocenters. The van der Waals surface area contributed by atoms with Gasteiger partial charge in [-0.3, -0.25) is 0 Å². The molecular formula is C11H11F3N2O. The molecule has 0 spiro atoms. The van der Waals surface area contributed by atoms with Crippen LogP contribution in [-0.4, -0.2) is 12.1 Å². The summed E-state index contributed by atoms with van der Waals surface area (Å²) in [7, 11) is 1.41. The van der Waals surface area contributed by atoms with Gasteiger partial charge in [-0.25, -0.2) is 0 Å². The third-order valence-corrected chi connectivity index (χ3v) is 2.60. The van der Waals surface area contributed by atoms with Crippen molar-refractivity contribution >= 4 is 10.9 Å². The van der Waals surface area contributed by atoms with E-state index in [1.165, 1.54) is 7.11 Å². The van der Waals surface area contributed by atoms with Gasteiger partial charge in [0.25, 0.3) is 0 Å². The summed E-state index contributed by atoms with van der Waals surface area (Å²) in [5.74, 6) is 0.384. The first kappa shape index (κ1) is 11.8. The van der Waals surface area contributed by atoms with Gasteiger partial charge in [-0.05, 0) is 12.1 Å². The summed E-state index contributed by atoms with van der Waals surface area (Å²) in [5.41, 5.74) is 5.00. The molecule has 92 valence electrons. The highest BCUT2D eigenvalue weighted by Gasteiger charge is 2.36. The van der Waals surface area contributed by atoms with Gasteiger partial charge in [-0.2, -0.15) is 13.2 Å². The Hall–Kier alpha value is -1.69. The number of ether oxygens (including phenoxy) is 1. The number of H-pyrrole nitrogens is 1. The molecule has 0 aliphatic heterocycles. The topological polar surface area (TPSA) is 51.0 Å². The summed E-state index contributed by atoms with van der Waals surface area (Å²) in [6.07, 6.45) is -4.45. The number of rotatable bonds is 2. The van der Waals surface area contributed by atoms with Crippen molar-refractivity contribution in [1.82, 2.24) is 4.98 Å². The van der Waals surface area contributed by atoms with Crippen molar-refractivity contribution in [2.24, 2.45) is 5.73 Å². The molecule has 0 fully saturated rings. The number of halogens is 3. The average molecular weight is 244 g/mol.